The highest BCUT2D eigenvalue weighted by atomic mass is 16.6. The quantitative estimate of drug-likeness (QED) is 0.498. The van der Waals surface area contributed by atoms with Crippen molar-refractivity contribution in [2.45, 2.75) is 19.1 Å². The number of nitrogens with zero attached hydrogens (tertiary/aromatic N) is 3. The summed E-state index contributed by atoms with van der Waals surface area (Å²) < 4.78 is 30.7. The van der Waals surface area contributed by atoms with Crippen molar-refractivity contribution in [3.8, 4) is 34.4 Å². The van der Waals surface area contributed by atoms with Crippen LogP contribution >= 0.6 is 0 Å². The fourth-order valence-electron chi connectivity index (χ4n) is 4.79. The molecule has 0 saturated carbocycles. The Balaban J connectivity index is 1.12. The van der Waals surface area contributed by atoms with Crippen molar-refractivity contribution in [3.05, 3.63) is 64.6 Å². The molecule has 0 spiro atoms. The maximum absolute atomic E-state index is 12.7. The molecule has 36 heavy (non-hydrogen) atoms. The van der Waals surface area contributed by atoms with Crippen LogP contribution in [-0.4, -0.2) is 73.2 Å². The highest BCUT2D eigenvalue weighted by Crippen LogP contribution is 2.33. The lowest BCUT2D eigenvalue weighted by Gasteiger charge is -2.27. The molecule has 1 unspecified atom stereocenters. The third-order valence-electron chi connectivity index (χ3n) is 6.71. The van der Waals surface area contributed by atoms with Crippen LogP contribution in [0.2, 0.25) is 0 Å². The molecule has 1 fully saturated rings. The summed E-state index contributed by atoms with van der Waals surface area (Å²) in [4.78, 5) is 19.2. The van der Waals surface area contributed by atoms with Gasteiger partial charge in [0.15, 0.2) is 17.6 Å². The summed E-state index contributed by atoms with van der Waals surface area (Å²) >= 11 is 0. The molecular weight excluding hydrogens is 462 g/mol. The van der Waals surface area contributed by atoms with E-state index in [9.17, 15) is 4.79 Å². The summed E-state index contributed by atoms with van der Waals surface area (Å²) in [6.45, 7) is 6.16. The summed E-state index contributed by atoms with van der Waals surface area (Å²) in [6.07, 6.45) is 0.460. The number of aryl methyl sites for hydroxylation is 1. The maximum Gasteiger partial charge on any atom is 0.351 e. The standard InChI is InChI=1S/C27H29N3O6/c31-27-28-26(35-18-21-17-34-24-3-1-2-4-25(24)36-21)16-23-22-6-5-20(15-19(22)7-8-30(23)27)33-14-11-29-9-12-32-13-10-29/h1-6,15-16,21H,7-14,17-18H2. The molecule has 188 valence electrons. The Labute approximate surface area is 209 Å². The molecule has 0 bridgehead atoms. The van der Waals surface area contributed by atoms with Gasteiger partial charge < -0.3 is 23.7 Å². The second-order valence-electron chi connectivity index (χ2n) is 9.09. The lowest BCUT2D eigenvalue weighted by Crippen LogP contribution is -2.38. The first-order chi connectivity index (χ1) is 17.7. The number of hydrogen-bond donors (Lipinski definition) is 0. The van der Waals surface area contributed by atoms with Gasteiger partial charge in [0.2, 0.25) is 5.88 Å². The molecule has 9 heteroatoms. The molecule has 6 rings (SSSR count). The van der Waals surface area contributed by atoms with Crippen LogP contribution in [0.3, 0.4) is 0 Å². The highest BCUT2D eigenvalue weighted by molar-refractivity contribution is 5.67. The minimum Gasteiger partial charge on any atom is -0.492 e. The summed E-state index contributed by atoms with van der Waals surface area (Å²) in [5.41, 5.74) is 2.63. The van der Waals surface area contributed by atoms with Gasteiger partial charge in [-0.2, -0.15) is 4.98 Å². The molecule has 4 heterocycles. The average Bonchev–Trinajstić information content (AvgIpc) is 2.92. The smallest absolute Gasteiger partial charge is 0.351 e. The summed E-state index contributed by atoms with van der Waals surface area (Å²) in [5.74, 6) is 2.54. The predicted octanol–water partition coefficient (Wildman–Crippen LogP) is 2.40. The first-order valence-corrected chi connectivity index (χ1v) is 12.4. The number of morpholine rings is 1. The van der Waals surface area contributed by atoms with Gasteiger partial charge in [-0.25, -0.2) is 4.79 Å². The van der Waals surface area contributed by atoms with Gasteiger partial charge in [0, 0.05) is 37.8 Å². The third-order valence-corrected chi connectivity index (χ3v) is 6.71. The normalized spacial score (nSPS) is 18.7. The average molecular weight is 492 g/mol. The molecule has 3 aliphatic heterocycles. The van der Waals surface area contributed by atoms with Crippen molar-refractivity contribution in [1.82, 2.24) is 14.5 Å². The van der Waals surface area contributed by atoms with Crippen molar-refractivity contribution in [2.75, 3.05) is 52.7 Å². The first-order valence-electron chi connectivity index (χ1n) is 12.4. The molecule has 3 aromatic rings. The van der Waals surface area contributed by atoms with E-state index in [4.69, 9.17) is 23.7 Å². The van der Waals surface area contributed by atoms with E-state index < -0.39 is 0 Å². The van der Waals surface area contributed by atoms with E-state index in [1.807, 2.05) is 42.5 Å². The number of aromatic nitrogens is 2. The molecule has 1 saturated heterocycles. The molecule has 9 nitrogen and oxygen atoms in total. The molecule has 0 aliphatic carbocycles. The summed E-state index contributed by atoms with van der Waals surface area (Å²) in [7, 11) is 0. The third kappa shape index (κ3) is 4.89. The van der Waals surface area contributed by atoms with Crippen LogP contribution in [0, 0.1) is 0 Å². The van der Waals surface area contributed by atoms with Crippen LogP contribution in [0.15, 0.2) is 53.3 Å². The molecule has 0 N–H and O–H groups in total. The minimum absolute atomic E-state index is 0.229. The predicted molar refractivity (Wildman–Crippen MR) is 132 cm³/mol. The number of para-hydroxylation sites is 2. The summed E-state index contributed by atoms with van der Waals surface area (Å²) in [6, 6.07) is 15.4. The molecular formula is C27H29N3O6. The van der Waals surface area contributed by atoms with Gasteiger partial charge in [0.25, 0.3) is 0 Å². The summed E-state index contributed by atoms with van der Waals surface area (Å²) in [5, 5.41) is 0. The largest absolute Gasteiger partial charge is 0.492 e. The maximum atomic E-state index is 12.7. The molecule has 1 aromatic heterocycles. The Morgan fingerprint density at radius 2 is 1.86 bits per heavy atom. The number of fused-ring (bicyclic) bond motifs is 4. The zero-order valence-corrected chi connectivity index (χ0v) is 20.1. The van der Waals surface area contributed by atoms with Gasteiger partial charge in [0.05, 0.1) is 18.9 Å². The van der Waals surface area contributed by atoms with Crippen LogP contribution in [0.1, 0.15) is 5.56 Å². The van der Waals surface area contributed by atoms with Crippen LogP contribution in [-0.2, 0) is 17.7 Å². The number of ether oxygens (including phenoxy) is 5. The van der Waals surface area contributed by atoms with Crippen molar-refractivity contribution in [3.63, 3.8) is 0 Å². The Bertz CT molecular complexity index is 1290. The van der Waals surface area contributed by atoms with Gasteiger partial charge in [0.1, 0.15) is 25.6 Å². The van der Waals surface area contributed by atoms with Gasteiger partial charge >= 0.3 is 5.69 Å². The Morgan fingerprint density at radius 1 is 1.00 bits per heavy atom. The zero-order valence-electron chi connectivity index (χ0n) is 20.1. The lowest BCUT2D eigenvalue weighted by atomic mass is 9.97. The van der Waals surface area contributed by atoms with Crippen molar-refractivity contribution >= 4 is 0 Å². The topological polar surface area (TPSA) is 84.3 Å². The van der Waals surface area contributed by atoms with Crippen molar-refractivity contribution in [2.24, 2.45) is 0 Å². The molecule has 2 aromatic carbocycles. The van der Waals surface area contributed by atoms with Crippen LogP contribution < -0.4 is 24.6 Å². The number of benzene rings is 2. The molecule has 3 aliphatic rings. The van der Waals surface area contributed by atoms with E-state index in [1.165, 1.54) is 0 Å². The van der Waals surface area contributed by atoms with E-state index in [1.54, 1.807) is 4.57 Å². The van der Waals surface area contributed by atoms with Gasteiger partial charge in [-0.3, -0.25) is 9.47 Å². The van der Waals surface area contributed by atoms with E-state index in [0.29, 0.717) is 25.5 Å². The van der Waals surface area contributed by atoms with E-state index in [2.05, 4.69) is 16.0 Å². The van der Waals surface area contributed by atoms with E-state index >= 15 is 0 Å². The second kappa shape index (κ2) is 10.2. The fourth-order valence-corrected chi connectivity index (χ4v) is 4.79. The SMILES string of the molecule is O=c1nc(OCC2COc3ccccc3O2)cc2n1CCc1cc(OCCN3CCOCC3)ccc1-2. The Hall–Kier alpha value is -3.56. The van der Waals surface area contributed by atoms with Crippen LogP contribution in [0.4, 0.5) is 0 Å². The van der Waals surface area contributed by atoms with Crippen molar-refractivity contribution < 1.29 is 23.7 Å². The van der Waals surface area contributed by atoms with Gasteiger partial charge in [-0.05, 0) is 42.3 Å². The van der Waals surface area contributed by atoms with E-state index in [-0.39, 0.29) is 24.3 Å². The Morgan fingerprint density at radius 3 is 2.75 bits per heavy atom. The van der Waals surface area contributed by atoms with Crippen LogP contribution in [0.5, 0.6) is 23.1 Å². The van der Waals surface area contributed by atoms with Gasteiger partial charge in [-0.1, -0.05) is 12.1 Å². The second-order valence-corrected chi connectivity index (χ2v) is 9.09. The lowest BCUT2D eigenvalue weighted by molar-refractivity contribution is 0.0322. The highest BCUT2D eigenvalue weighted by Gasteiger charge is 2.23. The molecule has 0 amide bonds. The van der Waals surface area contributed by atoms with Gasteiger partial charge in [-0.15, -0.1) is 0 Å². The zero-order chi connectivity index (χ0) is 24.3. The Kier molecular flexibility index (Phi) is 6.48. The molecule has 0 radical (unpaired) electrons. The monoisotopic (exact) mass is 491 g/mol. The molecule has 1 atom stereocenters. The van der Waals surface area contributed by atoms with Crippen LogP contribution in [0.25, 0.3) is 11.3 Å². The number of hydrogen-bond acceptors (Lipinski definition) is 8. The first kappa shape index (κ1) is 22.9. The number of rotatable bonds is 7. The van der Waals surface area contributed by atoms with E-state index in [0.717, 1.165) is 67.6 Å². The fraction of sp³-hybridized carbons (Fsp3) is 0.407. The minimum atomic E-state index is -0.315. The van der Waals surface area contributed by atoms with Crippen molar-refractivity contribution in [1.29, 1.82) is 0 Å².